The van der Waals surface area contributed by atoms with Crippen molar-refractivity contribution in [1.29, 1.82) is 0 Å². The molecule has 1 aromatic carbocycles. The highest BCUT2D eigenvalue weighted by molar-refractivity contribution is 14.1. The Bertz CT molecular complexity index is 648. The van der Waals surface area contributed by atoms with E-state index in [1.54, 1.807) is 24.3 Å². The summed E-state index contributed by atoms with van der Waals surface area (Å²) in [5.74, 6) is -0.269. The molecule has 19 heavy (non-hydrogen) atoms. The molecule has 0 amide bonds. The Morgan fingerprint density at radius 1 is 1.53 bits per heavy atom. The molecule has 2 aromatic rings. The molecule has 2 nitrogen and oxygen atoms in total. The summed E-state index contributed by atoms with van der Waals surface area (Å²) in [5, 5.41) is 12.4. The quantitative estimate of drug-likeness (QED) is 0.448. The van der Waals surface area contributed by atoms with Crippen LogP contribution in [-0.2, 0) is 0 Å². The van der Waals surface area contributed by atoms with Crippen LogP contribution in [-0.4, -0.2) is 10.9 Å². The van der Waals surface area contributed by atoms with Crippen LogP contribution in [0.2, 0.25) is 5.02 Å². The largest absolute Gasteiger partial charge is 0.506 e. The van der Waals surface area contributed by atoms with Crippen molar-refractivity contribution in [2.75, 3.05) is 0 Å². The van der Waals surface area contributed by atoms with Crippen LogP contribution in [0.4, 0.5) is 0 Å². The zero-order chi connectivity index (χ0) is 14.0. The number of phenols is 1. The van der Waals surface area contributed by atoms with Crippen LogP contribution < -0.4 is 0 Å². The van der Waals surface area contributed by atoms with Gasteiger partial charge in [-0.2, -0.15) is 0 Å². The van der Waals surface area contributed by atoms with E-state index in [1.807, 2.05) is 40.1 Å². The van der Waals surface area contributed by atoms with Crippen molar-refractivity contribution in [1.82, 2.24) is 0 Å². The number of aromatic hydroxyl groups is 1. The number of thiophene rings is 1. The predicted octanol–water partition coefficient (Wildman–Crippen LogP) is 4.92. The van der Waals surface area contributed by atoms with Gasteiger partial charge >= 0.3 is 0 Å². The van der Waals surface area contributed by atoms with E-state index in [0.717, 1.165) is 10.4 Å². The molecule has 0 radical (unpaired) electrons. The number of ketones is 1. The van der Waals surface area contributed by atoms with Crippen molar-refractivity contribution < 1.29 is 9.90 Å². The fourth-order valence-corrected chi connectivity index (χ4v) is 3.09. The molecule has 1 heterocycles. The molecular weight excluding hydrogens is 395 g/mol. The minimum atomic E-state index is -0.259. The van der Waals surface area contributed by atoms with Gasteiger partial charge < -0.3 is 5.11 Å². The summed E-state index contributed by atoms with van der Waals surface area (Å²) in [6, 6.07) is 5.34. The van der Waals surface area contributed by atoms with Crippen molar-refractivity contribution in [3.63, 3.8) is 0 Å². The number of hydrogen-bond acceptors (Lipinski definition) is 3. The molecule has 0 aliphatic rings. The lowest BCUT2D eigenvalue weighted by Crippen LogP contribution is -1.98. The van der Waals surface area contributed by atoms with Gasteiger partial charge in [0.1, 0.15) is 5.75 Å². The van der Waals surface area contributed by atoms with Gasteiger partial charge in [-0.15, -0.1) is 11.3 Å². The maximum atomic E-state index is 12.1. The zero-order valence-corrected chi connectivity index (χ0v) is 13.7. The fraction of sp³-hybridized carbons (Fsp3) is 0.0714. The molecule has 0 atom stereocenters. The lowest BCUT2D eigenvalue weighted by Gasteiger charge is -2.08. The molecule has 0 unspecified atom stereocenters. The third kappa shape index (κ3) is 3.19. The first-order chi connectivity index (χ1) is 9.00. The molecule has 5 heteroatoms. The SMILES string of the molecule is Cc1c(Cl)cc(C(=O)/C=C/c2cccs2)c(O)c1I. The van der Waals surface area contributed by atoms with Crippen LogP contribution in [0.5, 0.6) is 5.75 Å². The van der Waals surface area contributed by atoms with Gasteiger partial charge in [-0.3, -0.25) is 4.79 Å². The first-order valence-corrected chi connectivity index (χ1v) is 7.78. The Hall–Kier alpha value is -0.850. The molecule has 1 aromatic heterocycles. The highest BCUT2D eigenvalue weighted by atomic mass is 127. The van der Waals surface area contributed by atoms with Crippen molar-refractivity contribution in [2.24, 2.45) is 0 Å². The smallest absolute Gasteiger partial charge is 0.189 e. The van der Waals surface area contributed by atoms with E-state index in [4.69, 9.17) is 11.6 Å². The zero-order valence-electron chi connectivity index (χ0n) is 9.98. The molecule has 0 aliphatic heterocycles. The third-order valence-corrected chi connectivity index (χ3v) is 5.18. The van der Waals surface area contributed by atoms with E-state index in [1.165, 1.54) is 12.1 Å². The van der Waals surface area contributed by atoms with Crippen molar-refractivity contribution in [3.05, 3.63) is 54.3 Å². The van der Waals surface area contributed by atoms with Gasteiger partial charge in [0, 0.05) is 9.90 Å². The molecular formula is C14H10ClIO2S. The average molecular weight is 405 g/mol. The number of hydrogen-bond donors (Lipinski definition) is 1. The van der Waals surface area contributed by atoms with Crippen LogP contribution >= 0.6 is 45.5 Å². The van der Waals surface area contributed by atoms with E-state index in [9.17, 15) is 9.90 Å². The van der Waals surface area contributed by atoms with Crippen LogP contribution in [0.25, 0.3) is 6.08 Å². The fourth-order valence-electron chi connectivity index (χ4n) is 1.53. The summed E-state index contributed by atoms with van der Waals surface area (Å²) in [5.41, 5.74) is 1.01. The Balaban J connectivity index is 2.35. The summed E-state index contributed by atoms with van der Waals surface area (Å²) < 4.78 is 0.609. The molecule has 2 rings (SSSR count). The number of halogens is 2. The summed E-state index contributed by atoms with van der Waals surface area (Å²) in [4.78, 5) is 13.1. The van der Waals surface area contributed by atoms with Gasteiger partial charge in [0.2, 0.25) is 0 Å². The third-order valence-electron chi connectivity index (χ3n) is 2.63. The molecule has 0 saturated heterocycles. The number of carbonyl (C=O) groups is 1. The monoisotopic (exact) mass is 404 g/mol. The lowest BCUT2D eigenvalue weighted by molar-refractivity contribution is 0.104. The van der Waals surface area contributed by atoms with E-state index in [0.29, 0.717) is 8.59 Å². The Labute approximate surface area is 133 Å². The van der Waals surface area contributed by atoms with Crippen molar-refractivity contribution in [2.45, 2.75) is 6.92 Å². The normalized spacial score (nSPS) is 11.1. The number of carbonyl (C=O) groups excluding carboxylic acids is 1. The van der Waals surface area contributed by atoms with Crippen molar-refractivity contribution in [3.8, 4) is 5.75 Å². The summed E-state index contributed by atoms with van der Waals surface area (Å²) in [6.07, 6.45) is 3.18. The topological polar surface area (TPSA) is 37.3 Å². The van der Waals surface area contributed by atoms with Gasteiger partial charge in [-0.1, -0.05) is 17.7 Å². The summed E-state index contributed by atoms with van der Waals surface area (Å²) in [6.45, 7) is 1.81. The molecule has 98 valence electrons. The first-order valence-electron chi connectivity index (χ1n) is 5.44. The van der Waals surface area contributed by atoms with Crippen LogP contribution in [0.1, 0.15) is 20.8 Å². The van der Waals surface area contributed by atoms with E-state index in [2.05, 4.69) is 0 Å². The molecule has 0 fully saturated rings. The minimum Gasteiger partial charge on any atom is -0.506 e. The second kappa shape index (κ2) is 6.07. The first kappa shape index (κ1) is 14.6. The Kier molecular flexibility index (Phi) is 4.65. The summed E-state index contributed by atoms with van der Waals surface area (Å²) >= 11 is 9.57. The second-order valence-corrected chi connectivity index (χ2v) is 6.37. The molecule has 0 spiro atoms. The maximum Gasteiger partial charge on any atom is 0.189 e. The number of benzene rings is 1. The number of allylic oxidation sites excluding steroid dienone is 1. The minimum absolute atomic E-state index is 0.0108. The highest BCUT2D eigenvalue weighted by Gasteiger charge is 2.15. The van der Waals surface area contributed by atoms with E-state index >= 15 is 0 Å². The standard InChI is InChI=1S/C14H10ClIO2S/c1-8-11(15)7-10(14(18)13(8)16)12(17)5-4-9-3-2-6-19-9/h2-7,18H,1H3/b5-4+. The van der Waals surface area contributed by atoms with Crippen LogP contribution in [0.15, 0.2) is 29.7 Å². The predicted molar refractivity (Wildman–Crippen MR) is 88.3 cm³/mol. The van der Waals surface area contributed by atoms with Gasteiger partial charge in [0.15, 0.2) is 5.78 Å². The molecule has 0 aliphatic carbocycles. The van der Waals surface area contributed by atoms with Crippen LogP contribution in [0, 0.1) is 10.5 Å². The van der Waals surface area contributed by atoms with Crippen LogP contribution in [0.3, 0.4) is 0 Å². The summed E-state index contributed by atoms with van der Waals surface area (Å²) in [7, 11) is 0. The van der Waals surface area contributed by atoms with Gasteiger partial charge in [-0.25, -0.2) is 0 Å². The number of phenolic OH excluding ortho intramolecular Hbond substituents is 1. The van der Waals surface area contributed by atoms with Gasteiger partial charge in [0.05, 0.1) is 9.13 Å². The van der Waals surface area contributed by atoms with Gasteiger partial charge in [-0.05, 0) is 64.7 Å². The average Bonchev–Trinajstić information content (AvgIpc) is 2.91. The van der Waals surface area contributed by atoms with Crippen molar-refractivity contribution >= 4 is 57.4 Å². The Morgan fingerprint density at radius 3 is 2.89 bits per heavy atom. The molecule has 0 bridgehead atoms. The second-order valence-electron chi connectivity index (χ2n) is 3.91. The molecule has 0 saturated carbocycles. The molecule has 1 N–H and O–H groups in total. The van der Waals surface area contributed by atoms with Gasteiger partial charge in [0.25, 0.3) is 0 Å². The number of rotatable bonds is 3. The van der Waals surface area contributed by atoms with E-state index < -0.39 is 0 Å². The van der Waals surface area contributed by atoms with E-state index in [-0.39, 0.29) is 17.1 Å². The lowest BCUT2D eigenvalue weighted by atomic mass is 10.1. The highest BCUT2D eigenvalue weighted by Crippen LogP contribution is 2.33. The Morgan fingerprint density at radius 2 is 2.26 bits per heavy atom. The maximum absolute atomic E-state index is 12.1.